The molecule has 0 radical (unpaired) electrons. The molecule has 0 bridgehead atoms. The summed E-state index contributed by atoms with van der Waals surface area (Å²) in [5.74, 6) is 0.538. The van der Waals surface area contributed by atoms with Gasteiger partial charge in [-0.2, -0.15) is 4.98 Å². The van der Waals surface area contributed by atoms with Gasteiger partial charge in [0, 0.05) is 6.20 Å². The van der Waals surface area contributed by atoms with Gasteiger partial charge in [-0.1, -0.05) is 0 Å². The highest BCUT2D eigenvalue weighted by Crippen LogP contribution is 2.03. The summed E-state index contributed by atoms with van der Waals surface area (Å²) in [5, 5.41) is 2.89. The number of rotatable bonds is 3. The molecule has 0 saturated carbocycles. The van der Waals surface area contributed by atoms with E-state index in [9.17, 15) is 4.79 Å². The van der Waals surface area contributed by atoms with E-state index in [4.69, 9.17) is 4.74 Å². The predicted octanol–water partition coefficient (Wildman–Crippen LogP) is -0.286. The SMILES string of the molecule is CNC(C)Oc1cnc(=O)[nH]c1. The van der Waals surface area contributed by atoms with Crippen LogP contribution in [0.1, 0.15) is 6.92 Å². The number of hydrogen-bond acceptors (Lipinski definition) is 4. The fourth-order valence-electron chi connectivity index (χ4n) is 0.657. The zero-order chi connectivity index (χ0) is 8.97. The second-order valence-electron chi connectivity index (χ2n) is 2.30. The number of H-pyrrole nitrogens is 1. The number of ether oxygens (including phenoxy) is 1. The largest absolute Gasteiger partial charge is 0.473 e. The molecule has 5 nitrogen and oxygen atoms in total. The number of aromatic nitrogens is 2. The first-order valence-corrected chi connectivity index (χ1v) is 3.61. The van der Waals surface area contributed by atoms with Crippen molar-refractivity contribution in [2.75, 3.05) is 7.05 Å². The molecule has 12 heavy (non-hydrogen) atoms. The molecular weight excluding hydrogens is 158 g/mol. The van der Waals surface area contributed by atoms with Gasteiger partial charge in [0.05, 0.1) is 6.20 Å². The first kappa shape index (κ1) is 8.73. The topological polar surface area (TPSA) is 67.0 Å². The highest BCUT2D eigenvalue weighted by molar-refractivity contribution is 5.10. The van der Waals surface area contributed by atoms with Crippen molar-refractivity contribution in [3.63, 3.8) is 0 Å². The molecule has 1 aromatic rings. The Bertz CT molecular complexity index is 276. The van der Waals surface area contributed by atoms with Gasteiger partial charge in [-0.05, 0) is 14.0 Å². The standard InChI is InChI=1S/C7H11N3O2/c1-5(8-2)12-6-3-9-7(11)10-4-6/h3-5,8H,1-2H3,(H,9,10,11). The van der Waals surface area contributed by atoms with Crippen molar-refractivity contribution in [2.45, 2.75) is 13.2 Å². The third-order valence-corrected chi connectivity index (χ3v) is 1.37. The Morgan fingerprint density at radius 1 is 1.75 bits per heavy atom. The summed E-state index contributed by atoms with van der Waals surface area (Å²) in [5.41, 5.74) is -0.375. The van der Waals surface area contributed by atoms with Crippen LogP contribution in [0.5, 0.6) is 5.75 Å². The summed E-state index contributed by atoms with van der Waals surface area (Å²) >= 11 is 0. The zero-order valence-corrected chi connectivity index (χ0v) is 7.00. The highest BCUT2D eigenvalue weighted by atomic mass is 16.5. The highest BCUT2D eigenvalue weighted by Gasteiger charge is 1.99. The smallest absolute Gasteiger partial charge is 0.345 e. The third kappa shape index (κ3) is 2.35. The summed E-state index contributed by atoms with van der Waals surface area (Å²) in [6, 6.07) is 0. The maximum Gasteiger partial charge on any atom is 0.345 e. The lowest BCUT2D eigenvalue weighted by molar-refractivity contribution is 0.192. The zero-order valence-electron chi connectivity index (χ0n) is 7.00. The molecule has 1 heterocycles. The minimum Gasteiger partial charge on any atom is -0.473 e. The van der Waals surface area contributed by atoms with Crippen LogP contribution in [0.15, 0.2) is 17.2 Å². The molecule has 0 amide bonds. The monoisotopic (exact) mass is 169 g/mol. The summed E-state index contributed by atoms with van der Waals surface area (Å²) in [4.78, 5) is 16.5. The average Bonchev–Trinajstić information content (AvgIpc) is 2.09. The van der Waals surface area contributed by atoms with E-state index in [-0.39, 0.29) is 11.9 Å². The Kier molecular flexibility index (Phi) is 2.82. The van der Waals surface area contributed by atoms with Crippen LogP contribution < -0.4 is 15.7 Å². The molecular formula is C7H11N3O2. The molecule has 66 valence electrons. The van der Waals surface area contributed by atoms with Crippen molar-refractivity contribution in [1.29, 1.82) is 0 Å². The predicted molar refractivity (Wildman–Crippen MR) is 44.0 cm³/mol. The van der Waals surface area contributed by atoms with Crippen LogP contribution in [0.25, 0.3) is 0 Å². The van der Waals surface area contributed by atoms with Gasteiger partial charge >= 0.3 is 5.69 Å². The van der Waals surface area contributed by atoms with Crippen LogP contribution in [0.4, 0.5) is 0 Å². The van der Waals surface area contributed by atoms with Crippen molar-refractivity contribution >= 4 is 0 Å². The molecule has 0 aliphatic rings. The summed E-state index contributed by atoms with van der Waals surface area (Å²) in [6.07, 6.45) is 2.76. The third-order valence-electron chi connectivity index (χ3n) is 1.37. The molecule has 1 atom stereocenters. The van der Waals surface area contributed by atoms with Crippen LogP contribution in [0, 0.1) is 0 Å². The fraction of sp³-hybridized carbons (Fsp3) is 0.429. The molecule has 1 rings (SSSR count). The van der Waals surface area contributed by atoms with Gasteiger partial charge in [0.15, 0.2) is 5.75 Å². The van der Waals surface area contributed by atoms with Crippen molar-refractivity contribution in [1.82, 2.24) is 15.3 Å². The Labute approximate surface area is 69.8 Å². The molecule has 1 aromatic heterocycles. The van der Waals surface area contributed by atoms with E-state index in [0.29, 0.717) is 5.75 Å². The molecule has 0 aromatic carbocycles. The van der Waals surface area contributed by atoms with Crippen LogP contribution in [0.2, 0.25) is 0 Å². The summed E-state index contributed by atoms with van der Waals surface area (Å²) < 4.78 is 5.27. The van der Waals surface area contributed by atoms with Crippen molar-refractivity contribution in [3.05, 3.63) is 22.9 Å². The van der Waals surface area contributed by atoms with Crippen molar-refractivity contribution < 1.29 is 4.74 Å². The van der Waals surface area contributed by atoms with Crippen LogP contribution in [0.3, 0.4) is 0 Å². The van der Waals surface area contributed by atoms with E-state index in [0.717, 1.165) is 0 Å². The maximum absolute atomic E-state index is 10.5. The van der Waals surface area contributed by atoms with Gasteiger partial charge in [-0.25, -0.2) is 4.79 Å². The Morgan fingerprint density at radius 3 is 3.00 bits per heavy atom. The first-order valence-electron chi connectivity index (χ1n) is 3.61. The van der Waals surface area contributed by atoms with Crippen LogP contribution in [-0.4, -0.2) is 23.2 Å². The quantitative estimate of drug-likeness (QED) is 0.610. The van der Waals surface area contributed by atoms with E-state index < -0.39 is 0 Å². The molecule has 0 fully saturated rings. The minimum absolute atomic E-state index is 0.0993. The van der Waals surface area contributed by atoms with Gasteiger partial charge < -0.3 is 9.72 Å². The van der Waals surface area contributed by atoms with Crippen LogP contribution in [-0.2, 0) is 0 Å². The van der Waals surface area contributed by atoms with Gasteiger partial charge in [-0.15, -0.1) is 0 Å². The Hall–Kier alpha value is -1.36. The van der Waals surface area contributed by atoms with Gasteiger partial charge in [0.2, 0.25) is 0 Å². The summed E-state index contributed by atoms with van der Waals surface area (Å²) in [6.45, 7) is 1.85. The second-order valence-corrected chi connectivity index (χ2v) is 2.30. The average molecular weight is 169 g/mol. The van der Waals surface area contributed by atoms with Crippen LogP contribution >= 0.6 is 0 Å². The first-order chi connectivity index (χ1) is 5.72. The lowest BCUT2D eigenvalue weighted by Crippen LogP contribution is -2.27. The van der Waals surface area contributed by atoms with E-state index in [1.54, 1.807) is 7.05 Å². The van der Waals surface area contributed by atoms with Gasteiger partial charge in [0.1, 0.15) is 6.23 Å². The second kappa shape index (κ2) is 3.87. The minimum atomic E-state index is -0.375. The number of aromatic amines is 1. The molecule has 1 unspecified atom stereocenters. The van der Waals surface area contributed by atoms with Crippen molar-refractivity contribution in [2.24, 2.45) is 0 Å². The molecule has 0 aliphatic carbocycles. The lowest BCUT2D eigenvalue weighted by atomic mass is 10.6. The van der Waals surface area contributed by atoms with E-state index in [2.05, 4.69) is 15.3 Å². The number of nitrogens with one attached hydrogen (secondary N) is 2. The Balaban J connectivity index is 2.64. The van der Waals surface area contributed by atoms with E-state index in [1.165, 1.54) is 12.4 Å². The number of hydrogen-bond donors (Lipinski definition) is 2. The fourth-order valence-corrected chi connectivity index (χ4v) is 0.657. The summed E-state index contributed by atoms with van der Waals surface area (Å²) in [7, 11) is 1.78. The van der Waals surface area contributed by atoms with E-state index >= 15 is 0 Å². The normalized spacial score (nSPS) is 12.5. The molecule has 0 saturated heterocycles. The van der Waals surface area contributed by atoms with Crippen molar-refractivity contribution in [3.8, 4) is 5.75 Å². The number of nitrogens with zero attached hydrogens (tertiary/aromatic N) is 1. The molecule has 0 spiro atoms. The van der Waals surface area contributed by atoms with E-state index in [1.807, 2.05) is 6.92 Å². The molecule has 0 aliphatic heterocycles. The lowest BCUT2D eigenvalue weighted by Gasteiger charge is -2.11. The van der Waals surface area contributed by atoms with Gasteiger partial charge in [-0.3, -0.25) is 5.32 Å². The molecule has 2 N–H and O–H groups in total. The molecule has 5 heteroatoms. The maximum atomic E-state index is 10.5. The Morgan fingerprint density at radius 2 is 2.50 bits per heavy atom. The van der Waals surface area contributed by atoms with Gasteiger partial charge in [0.25, 0.3) is 0 Å².